The van der Waals surface area contributed by atoms with Crippen LogP contribution in [0.4, 0.5) is 0 Å². The number of carbonyl (C=O) groups is 1. The quantitative estimate of drug-likeness (QED) is 0.713. The van der Waals surface area contributed by atoms with Gasteiger partial charge in [-0.05, 0) is 31.1 Å². The van der Waals surface area contributed by atoms with E-state index in [2.05, 4.69) is 0 Å². The molecule has 0 bridgehead atoms. The molecule has 1 aliphatic heterocycles. The first kappa shape index (κ1) is 9.34. The molecule has 13 heavy (non-hydrogen) atoms. The van der Waals surface area contributed by atoms with E-state index in [1.54, 1.807) is 0 Å². The second-order valence-electron chi connectivity index (χ2n) is 4.18. The van der Waals surface area contributed by atoms with Crippen molar-refractivity contribution in [2.75, 3.05) is 12.3 Å². The third-order valence-electron chi connectivity index (χ3n) is 3.40. The molecule has 2 fully saturated rings. The Balaban J connectivity index is 2.05. The maximum Gasteiger partial charge on any atom is 0.303 e. The van der Waals surface area contributed by atoms with Gasteiger partial charge in [0.2, 0.25) is 0 Å². The van der Waals surface area contributed by atoms with Gasteiger partial charge in [-0.15, -0.1) is 0 Å². The van der Waals surface area contributed by atoms with Gasteiger partial charge in [0.05, 0.1) is 6.42 Å². The molecule has 0 aromatic heterocycles. The second-order valence-corrected chi connectivity index (χ2v) is 5.43. The minimum Gasteiger partial charge on any atom is -0.481 e. The van der Waals surface area contributed by atoms with E-state index in [1.165, 1.54) is 12.2 Å². The van der Waals surface area contributed by atoms with E-state index in [-0.39, 0.29) is 11.8 Å². The number of hydrogen-bond donors (Lipinski definition) is 2. The van der Waals surface area contributed by atoms with Gasteiger partial charge in [0.1, 0.15) is 0 Å². The molecule has 1 saturated carbocycles. The van der Waals surface area contributed by atoms with Crippen LogP contribution < -0.4 is 5.73 Å². The Bertz CT molecular complexity index is 234. The fourth-order valence-electron chi connectivity index (χ4n) is 2.74. The summed E-state index contributed by atoms with van der Waals surface area (Å²) in [5.41, 5.74) is 5.62. The number of carboxylic acid groups (broad SMARTS) is 1. The van der Waals surface area contributed by atoms with Crippen LogP contribution in [0, 0.1) is 11.3 Å². The van der Waals surface area contributed by atoms with Crippen LogP contribution in [-0.2, 0) is 4.79 Å². The van der Waals surface area contributed by atoms with E-state index in [0.717, 1.165) is 12.3 Å². The van der Waals surface area contributed by atoms with Gasteiger partial charge in [0.15, 0.2) is 0 Å². The summed E-state index contributed by atoms with van der Waals surface area (Å²) in [5.74, 6) is 1.25. The zero-order valence-electron chi connectivity index (χ0n) is 7.53. The molecule has 74 valence electrons. The van der Waals surface area contributed by atoms with Crippen LogP contribution in [-0.4, -0.2) is 28.6 Å². The predicted octanol–water partition coefficient (Wildman–Crippen LogP) is 0.932. The average Bonchev–Trinajstić information content (AvgIpc) is 2.43. The van der Waals surface area contributed by atoms with E-state index in [0.29, 0.717) is 11.8 Å². The van der Waals surface area contributed by atoms with Gasteiger partial charge >= 0.3 is 5.97 Å². The van der Waals surface area contributed by atoms with E-state index in [9.17, 15) is 4.79 Å². The lowest BCUT2D eigenvalue weighted by Crippen LogP contribution is -2.53. The first-order valence-electron chi connectivity index (χ1n) is 4.71. The zero-order chi connectivity index (χ0) is 9.47. The number of rotatable bonds is 3. The standard InChI is InChI=1S/C9H15NO2S/c10-5-9(4-7(11)12)3-6-1-2-13-8(6)9/h6,8H,1-5,10H2,(H,11,12)/t6-,8-,9-/m1/s1. The summed E-state index contributed by atoms with van der Waals surface area (Å²) in [6, 6.07) is 0. The van der Waals surface area contributed by atoms with E-state index >= 15 is 0 Å². The fourth-order valence-corrected chi connectivity index (χ4v) is 4.57. The van der Waals surface area contributed by atoms with Gasteiger partial charge < -0.3 is 10.8 Å². The lowest BCUT2D eigenvalue weighted by atomic mass is 9.59. The Hall–Kier alpha value is -0.220. The first-order valence-corrected chi connectivity index (χ1v) is 5.76. The van der Waals surface area contributed by atoms with Crippen molar-refractivity contribution in [3.05, 3.63) is 0 Å². The summed E-state index contributed by atoms with van der Waals surface area (Å²) in [5, 5.41) is 9.34. The molecule has 2 rings (SSSR count). The molecule has 1 heterocycles. The minimum atomic E-state index is -0.698. The molecule has 4 heteroatoms. The van der Waals surface area contributed by atoms with Crippen molar-refractivity contribution in [1.82, 2.24) is 0 Å². The van der Waals surface area contributed by atoms with Crippen molar-refractivity contribution in [3.8, 4) is 0 Å². The van der Waals surface area contributed by atoms with Crippen LogP contribution in [0.2, 0.25) is 0 Å². The van der Waals surface area contributed by atoms with Crippen molar-refractivity contribution < 1.29 is 9.90 Å². The molecule has 0 aromatic rings. The van der Waals surface area contributed by atoms with Crippen LogP contribution >= 0.6 is 11.8 Å². The lowest BCUT2D eigenvalue weighted by molar-refractivity contribution is -0.141. The maximum absolute atomic E-state index is 10.7. The van der Waals surface area contributed by atoms with Crippen molar-refractivity contribution in [1.29, 1.82) is 0 Å². The van der Waals surface area contributed by atoms with E-state index in [1.807, 2.05) is 11.8 Å². The summed E-state index contributed by atoms with van der Waals surface area (Å²) in [4.78, 5) is 10.7. The molecule has 0 aromatic carbocycles. The molecule has 0 spiro atoms. The normalized spacial score (nSPS) is 42.5. The summed E-state index contributed by atoms with van der Waals surface area (Å²) < 4.78 is 0. The van der Waals surface area contributed by atoms with Crippen LogP contribution in [0.5, 0.6) is 0 Å². The summed E-state index contributed by atoms with van der Waals surface area (Å²) >= 11 is 1.92. The largest absolute Gasteiger partial charge is 0.481 e. The molecule has 0 unspecified atom stereocenters. The highest BCUT2D eigenvalue weighted by molar-refractivity contribution is 8.00. The molecular formula is C9H15NO2S. The third kappa shape index (κ3) is 1.36. The molecule has 3 N–H and O–H groups in total. The topological polar surface area (TPSA) is 63.3 Å². The van der Waals surface area contributed by atoms with Crippen LogP contribution in [0.25, 0.3) is 0 Å². The van der Waals surface area contributed by atoms with Crippen molar-refractivity contribution in [2.45, 2.75) is 24.5 Å². The Kier molecular flexibility index (Phi) is 2.28. The Morgan fingerprint density at radius 3 is 3.00 bits per heavy atom. The molecule has 3 nitrogen and oxygen atoms in total. The number of aliphatic carboxylic acids is 1. The molecule has 0 radical (unpaired) electrons. The zero-order valence-corrected chi connectivity index (χ0v) is 8.35. The monoisotopic (exact) mass is 201 g/mol. The summed E-state index contributed by atoms with van der Waals surface area (Å²) in [7, 11) is 0. The Morgan fingerprint density at radius 2 is 2.46 bits per heavy atom. The fraction of sp³-hybridized carbons (Fsp3) is 0.889. The van der Waals surface area contributed by atoms with Crippen LogP contribution in [0.15, 0.2) is 0 Å². The van der Waals surface area contributed by atoms with Crippen LogP contribution in [0.3, 0.4) is 0 Å². The number of thioether (sulfide) groups is 1. The number of nitrogens with two attached hydrogens (primary N) is 1. The molecule has 3 atom stereocenters. The van der Waals surface area contributed by atoms with Gasteiger partial charge in [-0.3, -0.25) is 4.79 Å². The smallest absolute Gasteiger partial charge is 0.303 e. The molecule has 1 aliphatic carbocycles. The number of fused-ring (bicyclic) bond motifs is 1. The molecule has 1 saturated heterocycles. The highest BCUT2D eigenvalue weighted by Crippen LogP contribution is 2.59. The van der Waals surface area contributed by atoms with E-state index < -0.39 is 5.97 Å². The Labute approximate surface area is 82.1 Å². The summed E-state index contributed by atoms with van der Waals surface area (Å²) in [6.45, 7) is 0.535. The first-order chi connectivity index (χ1) is 6.18. The predicted molar refractivity (Wildman–Crippen MR) is 52.7 cm³/mol. The third-order valence-corrected chi connectivity index (χ3v) is 5.11. The highest BCUT2D eigenvalue weighted by atomic mass is 32.2. The second kappa shape index (κ2) is 3.17. The van der Waals surface area contributed by atoms with Gasteiger partial charge in [0, 0.05) is 10.7 Å². The SMILES string of the molecule is NC[C@]1(CC(=O)O)C[C@H]2CCS[C@H]21. The molecule has 2 aliphatic rings. The van der Waals surface area contributed by atoms with Crippen molar-refractivity contribution in [3.63, 3.8) is 0 Å². The van der Waals surface area contributed by atoms with Gasteiger partial charge in [-0.1, -0.05) is 0 Å². The number of carboxylic acids is 1. The van der Waals surface area contributed by atoms with E-state index in [4.69, 9.17) is 10.8 Å². The lowest BCUT2D eigenvalue weighted by Gasteiger charge is -2.50. The molecule has 0 amide bonds. The van der Waals surface area contributed by atoms with Gasteiger partial charge in [-0.25, -0.2) is 0 Å². The van der Waals surface area contributed by atoms with Gasteiger partial charge in [-0.2, -0.15) is 11.8 Å². The summed E-state index contributed by atoms with van der Waals surface area (Å²) in [6.07, 6.45) is 2.56. The van der Waals surface area contributed by atoms with Crippen molar-refractivity contribution >= 4 is 17.7 Å². The minimum absolute atomic E-state index is 0.0718. The number of hydrogen-bond acceptors (Lipinski definition) is 3. The molecular weight excluding hydrogens is 186 g/mol. The average molecular weight is 201 g/mol. The van der Waals surface area contributed by atoms with Crippen molar-refractivity contribution in [2.24, 2.45) is 17.1 Å². The van der Waals surface area contributed by atoms with Gasteiger partial charge in [0.25, 0.3) is 0 Å². The highest BCUT2D eigenvalue weighted by Gasteiger charge is 2.55. The maximum atomic E-state index is 10.7. The Morgan fingerprint density at radius 1 is 1.69 bits per heavy atom. The van der Waals surface area contributed by atoms with Crippen LogP contribution in [0.1, 0.15) is 19.3 Å².